The molecule has 0 radical (unpaired) electrons. The number of amides is 1. The second kappa shape index (κ2) is 8.01. The summed E-state index contributed by atoms with van der Waals surface area (Å²) in [5, 5.41) is 14.2. The molecule has 4 nitrogen and oxygen atoms in total. The van der Waals surface area contributed by atoms with Crippen LogP contribution in [-0.4, -0.2) is 28.2 Å². The van der Waals surface area contributed by atoms with Crippen molar-refractivity contribution in [2.75, 3.05) is 0 Å². The normalized spacial score (nSPS) is 25.4. The van der Waals surface area contributed by atoms with Gasteiger partial charge in [0.25, 0.3) is 0 Å². The van der Waals surface area contributed by atoms with Crippen LogP contribution < -0.4 is 0 Å². The summed E-state index contributed by atoms with van der Waals surface area (Å²) in [6.07, 6.45) is 3.75. The quantitative estimate of drug-likeness (QED) is 0.598. The first kappa shape index (κ1) is 20.1. The highest BCUT2D eigenvalue weighted by molar-refractivity contribution is 5.89. The second-order valence-corrected chi connectivity index (χ2v) is 9.10. The van der Waals surface area contributed by atoms with Crippen molar-refractivity contribution in [2.45, 2.75) is 63.3 Å². The van der Waals surface area contributed by atoms with Gasteiger partial charge in [-0.2, -0.15) is 0 Å². The maximum absolute atomic E-state index is 13.0. The summed E-state index contributed by atoms with van der Waals surface area (Å²) >= 11 is 0. The molecular formula is C27H29NO3. The van der Waals surface area contributed by atoms with Crippen molar-refractivity contribution < 1.29 is 14.6 Å². The standard InChI is InChI=1S/C27H29NO3/c1-19-14-15-25(24-13-6-5-12-23(19)24)27(30)16-21-10-7-11-22(17-27)28(21)26(29)31-18-20-8-3-2-4-9-20/h2-6,8-9,12-15,21-22,30H,7,10-11,16-18H2,1H3. The number of hydrogen-bond acceptors (Lipinski definition) is 3. The zero-order valence-electron chi connectivity index (χ0n) is 18.0. The van der Waals surface area contributed by atoms with Crippen molar-refractivity contribution in [3.05, 3.63) is 83.4 Å². The zero-order chi connectivity index (χ0) is 21.4. The predicted octanol–water partition coefficient (Wildman–Crippen LogP) is 5.69. The van der Waals surface area contributed by atoms with Gasteiger partial charge in [-0.15, -0.1) is 0 Å². The lowest BCUT2D eigenvalue weighted by molar-refractivity contribution is -0.0888. The third kappa shape index (κ3) is 3.70. The number of carbonyl (C=O) groups is 1. The van der Waals surface area contributed by atoms with Gasteiger partial charge in [0.1, 0.15) is 6.61 Å². The highest BCUT2D eigenvalue weighted by Crippen LogP contribution is 2.46. The van der Waals surface area contributed by atoms with E-state index in [0.717, 1.165) is 35.8 Å². The van der Waals surface area contributed by atoms with Crippen LogP contribution in [0.2, 0.25) is 0 Å². The monoisotopic (exact) mass is 415 g/mol. The SMILES string of the molecule is Cc1ccc(C2(O)CC3CCCC(C2)N3C(=O)OCc2ccccc2)c2ccccc12. The molecule has 2 atom stereocenters. The fraction of sp³-hybridized carbons (Fsp3) is 0.370. The van der Waals surface area contributed by atoms with Crippen LogP contribution >= 0.6 is 0 Å². The van der Waals surface area contributed by atoms with Crippen LogP contribution in [0.1, 0.15) is 48.8 Å². The Bertz CT molecular complexity index is 1080. The molecule has 5 rings (SSSR count). The maximum atomic E-state index is 13.0. The topological polar surface area (TPSA) is 49.8 Å². The largest absolute Gasteiger partial charge is 0.445 e. The summed E-state index contributed by atoms with van der Waals surface area (Å²) in [5.74, 6) is 0. The number of ether oxygens (including phenoxy) is 1. The van der Waals surface area contributed by atoms with Gasteiger partial charge in [-0.1, -0.05) is 66.7 Å². The van der Waals surface area contributed by atoms with E-state index in [4.69, 9.17) is 4.74 Å². The van der Waals surface area contributed by atoms with Gasteiger partial charge in [0, 0.05) is 24.9 Å². The molecule has 160 valence electrons. The van der Waals surface area contributed by atoms with Gasteiger partial charge in [-0.05, 0) is 53.6 Å². The molecule has 0 aliphatic carbocycles. The first-order valence-corrected chi connectivity index (χ1v) is 11.3. The molecule has 2 heterocycles. The van der Waals surface area contributed by atoms with Crippen molar-refractivity contribution in [1.82, 2.24) is 4.90 Å². The zero-order valence-corrected chi connectivity index (χ0v) is 18.0. The lowest BCUT2D eigenvalue weighted by Crippen LogP contribution is -2.59. The minimum absolute atomic E-state index is 0.000777. The van der Waals surface area contributed by atoms with E-state index in [-0.39, 0.29) is 24.8 Å². The van der Waals surface area contributed by atoms with Gasteiger partial charge in [-0.3, -0.25) is 0 Å². The summed E-state index contributed by atoms with van der Waals surface area (Å²) in [6.45, 7) is 2.39. The minimum Gasteiger partial charge on any atom is -0.445 e. The number of aliphatic hydroxyl groups is 1. The van der Waals surface area contributed by atoms with Crippen LogP contribution in [0, 0.1) is 6.92 Å². The van der Waals surface area contributed by atoms with Crippen molar-refractivity contribution in [3.63, 3.8) is 0 Å². The van der Waals surface area contributed by atoms with E-state index in [9.17, 15) is 9.90 Å². The fourth-order valence-electron chi connectivity index (χ4n) is 5.60. The molecular weight excluding hydrogens is 386 g/mol. The number of nitrogens with zero attached hydrogens (tertiary/aromatic N) is 1. The molecule has 3 aromatic carbocycles. The Balaban J connectivity index is 1.40. The number of hydrogen-bond donors (Lipinski definition) is 1. The number of rotatable bonds is 3. The highest BCUT2D eigenvalue weighted by atomic mass is 16.6. The van der Waals surface area contributed by atoms with Gasteiger partial charge in [0.05, 0.1) is 5.60 Å². The maximum Gasteiger partial charge on any atom is 0.410 e. The van der Waals surface area contributed by atoms with Crippen LogP contribution in [0.4, 0.5) is 4.79 Å². The number of fused-ring (bicyclic) bond motifs is 3. The van der Waals surface area contributed by atoms with Gasteiger partial charge >= 0.3 is 6.09 Å². The highest BCUT2D eigenvalue weighted by Gasteiger charge is 2.49. The minimum atomic E-state index is -0.931. The summed E-state index contributed by atoms with van der Waals surface area (Å²) in [5.41, 5.74) is 2.26. The van der Waals surface area contributed by atoms with Crippen molar-refractivity contribution in [3.8, 4) is 0 Å². The van der Waals surface area contributed by atoms with Crippen LogP contribution in [0.15, 0.2) is 66.7 Å². The van der Waals surface area contributed by atoms with Crippen LogP contribution in [0.3, 0.4) is 0 Å². The Morgan fingerprint density at radius 1 is 0.968 bits per heavy atom. The smallest absolute Gasteiger partial charge is 0.410 e. The molecule has 0 aromatic heterocycles. The molecule has 2 aliphatic rings. The van der Waals surface area contributed by atoms with E-state index < -0.39 is 5.60 Å². The van der Waals surface area contributed by atoms with Gasteiger partial charge in [0.2, 0.25) is 0 Å². The van der Waals surface area contributed by atoms with E-state index >= 15 is 0 Å². The van der Waals surface area contributed by atoms with E-state index in [1.54, 1.807) is 0 Å². The second-order valence-electron chi connectivity index (χ2n) is 9.10. The Morgan fingerprint density at radius 2 is 1.61 bits per heavy atom. The molecule has 2 bridgehead atoms. The summed E-state index contributed by atoms with van der Waals surface area (Å²) in [4.78, 5) is 14.9. The Hall–Kier alpha value is -2.85. The molecule has 1 N–H and O–H groups in total. The number of aryl methyl sites for hydroxylation is 1. The average Bonchev–Trinajstić information content (AvgIpc) is 2.78. The van der Waals surface area contributed by atoms with Crippen molar-refractivity contribution >= 4 is 16.9 Å². The summed E-state index contributed by atoms with van der Waals surface area (Å²) < 4.78 is 5.67. The van der Waals surface area contributed by atoms with Crippen molar-refractivity contribution in [2.24, 2.45) is 0 Å². The summed E-state index contributed by atoms with van der Waals surface area (Å²) in [7, 11) is 0. The first-order valence-electron chi connectivity index (χ1n) is 11.3. The van der Waals surface area contributed by atoms with E-state index in [0.29, 0.717) is 12.8 Å². The fourth-order valence-corrected chi connectivity index (χ4v) is 5.60. The van der Waals surface area contributed by atoms with Crippen LogP contribution in [0.5, 0.6) is 0 Å². The molecule has 2 fully saturated rings. The molecule has 3 aromatic rings. The molecule has 2 aliphatic heterocycles. The van der Waals surface area contributed by atoms with Crippen LogP contribution in [0.25, 0.3) is 10.8 Å². The van der Waals surface area contributed by atoms with E-state index in [2.05, 4.69) is 31.2 Å². The Morgan fingerprint density at radius 3 is 2.32 bits per heavy atom. The number of piperidine rings is 2. The summed E-state index contributed by atoms with van der Waals surface area (Å²) in [6, 6.07) is 22.3. The number of benzene rings is 3. The van der Waals surface area contributed by atoms with Crippen molar-refractivity contribution in [1.29, 1.82) is 0 Å². The molecule has 1 amide bonds. The molecule has 0 spiro atoms. The third-order valence-corrected chi connectivity index (χ3v) is 7.07. The lowest BCUT2D eigenvalue weighted by Gasteiger charge is -2.51. The predicted molar refractivity (Wildman–Crippen MR) is 122 cm³/mol. The van der Waals surface area contributed by atoms with Crippen LogP contribution in [-0.2, 0) is 16.9 Å². The van der Waals surface area contributed by atoms with E-state index in [1.807, 2.05) is 47.4 Å². The molecule has 31 heavy (non-hydrogen) atoms. The molecule has 0 saturated carbocycles. The Kier molecular flexibility index (Phi) is 5.19. The molecule has 2 saturated heterocycles. The lowest BCUT2D eigenvalue weighted by atomic mass is 9.71. The third-order valence-electron chi connectivity index (χ3n) is 7.07. The average molecular weight is 416 g/mol. The molecule has 2 unspecified atom stereocenters. The molecule has 4 heteroatoms. The first-order chi connectivity index (χ1) is 15.0. The van der Waals surface area contributed by atoms with Gasteiger partial charge < -0.3 is 14.7 Å². The Labute approximate surface area is 183 Å². The number of carbonyl (C=O) groups excluding carboxylic acids is 1. The van der Waals surface area contributed by atoms with Gasteiger partial charge in [-0.25, -0.2) is 4.79 Å². The van der Waals surface area contributed by atoms with E-state index in [1.165, 1.54) is 10.9 Å². The van der Waals surface area contributed by atoms with Gasteiger partial charge in [0.15, 0.2) is 0 Å².